The maximum Gasteiger partial charge on any atom is 0.288 e. The summed E-state index contributed by atoms with van der Waals surface area (Å²) >= 11 is 0.453. The summed E-state index contributed by atoms with van der Waals surface area (Å²) in [7, 11) is 0. The average Bonchev–Trinajstić information content (AvgIpc) is 2.41. The molecule has 1 aliphatic rings. The minimum absolute atomic E-state index is 0.0362. The Labute approximate surface area is 115 Å². The van der Waals surface area contributed by atoms with Gasteiger partial charge in [-0.05, 0) is 38.1 Å². The van der Waals surface area contributed by atoms with E-state index >= 15 is 0 Å². The van der Waals surface area contributed by atoms with Crippen LogP contribution in [-0.4, -0.2) is 24.8 Å². The molecule has 3 nitrogen and oxygen atoms in total. The van der Waals surface area contributed by atoms with Crippen LogP contribution in [0.1, 0.15) is 12.8 Å². The highest BCUT2D eigenvalue weighted by Crippen LogP contribution is 2.32. The van der Waals surface area contributed by atoms with Crippen molar-refractivity contribution < 1.29 is 13.6 Å². The Balaban J connectivity index is 2.03. The summed E-state index contributed by atoms with van der Waals surface area (Å²) in [6.07, 6.45) is 1.58. The zero-order chi connectivity index (χ0) is 13.7. The number of rotatable bonds is 4. The third-order valence-electron chi connectivity index (χ3n) is 3.07. The number of carbonyl (C=O) groups is 1. The second-order valence-corrected chi connectivity index (χ2v) is 5.42. The number of anilines is 1. The van der Waals surface area contributed by atoms with E-state index in [-0.39, 0.29) is 11.8 Å². The van der Waals surface area contributed by atoms with Gasteiger partial charge in [0, 0.05) is 10.8 Å². The van der Waals surface area contributed by atoms with E-state index in [0.717, 1.165) is 25.9 Å². The highest BCUT2D eigenvalue weighted by atomic mass is 32.2. The number of amides is 1. The van der Waals surface area contributed by atoms with Crippen molar-refractivity contribution in [3.05, 3.63) is 24.3 Å². The van der Waals surface area contributed by atoms with E-state index in [9.17, 15) is 13.6 Å². The first-order valence-corrected chi connectivity index (χ1v) is 7.10. The number of para-hydroxylation sites is 1. The van der Waals surface area contributed by atoms with Gasteiger partial charge >= 0.3 is 0 Å². The Morgan fingerprint density at radius 2 is 2.00 bits per heavy atom. The molecule has 6 heteroatoms. The smallest absolute Gasteiger partial charge is 0.288 e. The lowest BCUT2D eigenvalue weighted by Crippen LogP contribution is -2.34. The molecule has 1 aliphatic heterocycles. The molecule has 104 valence electrons. The number of hydrogen-bond acceptors (Lipinski definition) is 3. The Bertz CT molecular complexity index is 436. The molecule has 1 amide bonds. The normalized spacial score (nSPS) is 16.6. The van der Waals surface area contributed by atoms with Gasteiger partial charge in [0.1, 0.15) is 0 Å². The van der Waals surface area contributed by atoms with Gasteiger partial charge in [-0.1, -0.05) is 23.9 Å². The van der Waals surface area contributed by atoms with Crippen LogP contribution >= 0.6 is 11.8 Å². The molecule has 0 aromatic heterocycles. The number of benzene rings is 1. The van der Waals surface area contributed by atoms with Gasteiger partial charge in [0.15, 0.2) is 0 Å². The molecule has 1 aromatic carbocycles. The molecule has 0 aliphatic carbocycles. The highest BCUT2D eigenvalue weighted by Gasteiger charge is 2.21. The summed E-state index contributed by atoms with van der Waals surface area (Å²) < 4.78 is 24.9. The van der Waals surface area contributed by atoms with Gasteiger partial charge < -0.3 is 10.6 Å². The molecule has 1 aromatic rings. The summed E-state index contributed by atoms with van der Waals surface area (Å²) in [6.45, 7) is 1.65. The highest BCUT2D eigenvalue weighted by molar-refractivity contribution is 7.99. The minimum Gasteiger partial charge on any atom is -0.325 e. The van der Waals surface area contributed by atoms with E-state index in [1.807, 2.05) is 0 Å². The molecule has 0 unspecified atom stereocenters. The summed E-state index contributed by atoms with van der Waals surface area (Å²) in [5, 5.41) is 5.95. The summed E-state index contributed by atoms with van der Waals surface area (Å²) in [4.78, 5) is 12.5. The fraction of sp³-hybridized carbons (Fsp3) is 0.462. The van der Waals surface area contributed by atoms with Crippen LogP contribution in [0.3, 0.4) is 0 Å². The third-order valence-corrected chi connectivity index (χ3v) is 3.86. The maximum atomic E-state index is 12.4. The second kappa shape index (κ2) is 6.86. The summed E-state index contributed by atoms with van der Waals surface area (Å²) in [5.74, 6) is -2.60. The first-order valence-electron chi connectivity index (χ1n) is 6.22. The summed E-state index contributed by atoms with van der Waals surface area (Å²) in [6, 6.07) is 6.66. The largest absolute Gasteiger partial charge is 0.325 e. The molecule has 19 heavy (non-hydrogen) atoms. The number of halogens is 2. The van der Waals surface area contributed by atoms with Crippen LogP contribution in [0.4, 0.5) is 14.5 Å². The maximum absolute atomic E-state index is 12.4. The lowest BCUT2D eigenvalue weighted by molar-refractivity contribution is -0.120. The van der Waals surface area contributed by atoms with Crippen LogP contribution in [0.25, 0.3) is 0 Å². The lowest BCUT2D eigenvalue weighted by Gasteiger charge is -2.22. The predicted octanol–water partition coefficient (Wildman–Crippen LogP) is 2.94. The topological polar surface area (TPSA) is 41.1 Å². The molecule has 2 rings (SSSR count). The van der Waals surface area contributed by atoms with Gasteiger partial charge in [0.05, 0.1) is 5.69 Å². The lowest BCUT2D eigenvalue weighted by atomic mass is 9.97. The van der Waals surface area contributed by atoms with Crippen LogP contribution in [-0.2, 0) is 4.79 Å². The summed E-state index contributed by atoms with van der Waals surface area (Å²) in [5.41, 5.74) is 0.469. The average molecular weight is 286 g/mol. The standard InChI is InChI=1S/C13H16F2N2OS/c14-13(15)19-11-4-2-1-3-10(11)17-12(18)9-5-7-16-8-6-9/h1-4,9,13,16H,5-8H2,(H,17,18). The molecule has 1 saturated heterocycles. The van der Waals surface area contributed by atoms with E-state index in [1.165, 1.54) is 0 Å². The first-order chi connectivity index (χ1) is 9.16. The third kappa shape index (κ3) is 4.18. The molecule has 0 bridgehead atoms. The van der Waals surface area contributed by atoms with Crippen molar-refractivity contribution in [2.24, 2.45) is 5.92 Å². The number of piperidine rings is 1. The van der Waals surface area contributed by atoms with E-state index in [2.05, 4.69) is 10.6 Å². The molecule has 0 saturated carbocycles. The Kier molecular flexibility index (Phi) is 5.15. The van der Waals surface area contributed by atoms with E-state index in [4.69, 9.17) is 0 Å². The van der Waals surface area contributed by atoms with Crippen molar-refractivity contribution in [3.63, 3.8) is 0 Å². The molecular formula is C13H16F2N2OS. The van der Waals surface area contributed by atoms with Crippen molar-refractivity contribution in [2.75, 3.05) is 18.4 Å². The Morgan fingerprint density at radius 3 is 2.68 bits per heavy atom. The molecular weight excluding hydrogens is 270 g/mol. The van der Waals surface area contributed by atoms with E-state index < -0.39 is 5.76 Å². The molecule has 2 N–H and O–H groups in total. The van der Waals surface area contributed by atoms with Crippen LogP contribution < -0.4 is 10.6 Å². The number of thioether (sulfide) groups is 1. The number of carbonyl (C=O) groups excluding carboxylic acids is 1. The van der Waals surface area contributed by atoms with Crippen LogP contribution in [0.15, 0.2) is 29.2 Å². The molecule has 0 atom stereocenters. The molecule has 1 fully saturated rings. The van der Waals surface area contributed by atoms with Crippen molar-refractivity contribution in [2.45, 2.75) is 23.5 Å². The zero-order valence-corrected chi connectivity index (χ0v) is 11.2. The SMILES string of the molecule is O=C(Nc1ccccc1SC(F)F)C1CCNCC1. The van der Waals surface area contributed by atoms with Crippen LogP contribution in [0, 0.1) is 5.92 Å². The van der Waals surface area contributed by atoms with E-state index in [1.54, 1.807) is 24.3 Å². The van der Waals surface area contributed by atoms with Crippen molar-refractivity contribution >= 4 is 23.4 Å². The van der Waals surface area contributed by atoms with Crippen molar-refractivity contribution in [1.82, 2.24) is 5.32 Å². The van der Waals surface area contributed by atoms with Gasteiger partial charge in [0.25, 0.3) is 5.76 Å². The van der Waals surface area contributed by atoms with Gasteiger partial charge in [0.2, 0.25) is 5.91 Å². The molecule has 0 spiro atoms. The first kappa shape index (κ1) is 14.3. The number of hydrogen-bond donors (Lipinski definition) is 2. The fourth-order valence-corrected chi connectivity index (χ4v) is 2.68. The van der Waals surface area contributed by atoms with Gasteiger partial charge in [-0.15, -0.1) is 0 Å². The van der Waals surface area contributed by atoms with Gasteiger partial charge in [-0.2, -0.15) is 8.78 Å². The quantitative estimate of drug-likeness (QED) is 0.836. The Morgan fingerprint density at radius 1 is 1.32 bits per heavy atom. The fourth-order valence-electron chi connectivity index (χ4n) is 2.09. The van der Waals surface area contributed by atoms with E-state index in [0.29, 0.717) is 22.3 Å². The minimum atomic E-state index is -2.49. The van der Waals surface area contributed by atoms with Gasteiger partial charge in [-0.25, -0.2) is 0 Å². The molecule has 0 radical (unpaired) electrons. The zero-order valence-electron chi connectivity index (χ0n) is 10.4. The van der Waals surface area contributed by atoms with Crippen molar-refractivity contribution in [3.8, 4) is 0 Å². The number of alkyl halides is 2. The Hall–Kier alpha value is -1.14. The van der Waals surface area contributed by atoms with Gasteiger partial charge in [-0.3, -0.25) is 4.79 Å². The predicted molar refractivity (Wildman–Crippen MR) is 72.5 cm³/mol. The molecule has 1 heterocycles. The van der Waals surface area contributed by atoms with Crippen LogP contribution in [0.2, 0.25) is 0 Å². The van der Waals surface area contributed by atoms with Crippen LogP contribution in [0.5, 0.6) is 0 Å². The second-order valence-electron chi connectivity index (χ2n) is 4.39. The number of nitrogens with one attached hydrogen (secondary N) is 2. The monoisotopic (exact) mass is 286 g/mol. The van der Waals surface area contributed by atoms with Crippen molar-refractivity contribution in [1.29, 1.82) is 0 Å².